The normalized spacial score (nSPS) is 11.6. The van der Waals surface area contributed by atoms with Gasteiger partial charge in [0.2, 0.25) is 0 Å². The number of hydrogen-bond donors (Lipinski definition) is 1. The molecular weight excluding hydrogens is 337 g/mol. The first-order valence-electron chi connectivity index (χ1n) is 7.16. The van der Waals surface area contributed by atoms with Crippen LogP contribution in [0.1, 0.15) is 21.6 Å². The Labute approximate surface area is 138 Å². The van der Waals surface area contributed by atoms with Crippen molar-refractivity contribution in [2.45, 2.75) is 12.7 Å². The monoisotopic (exact) mass is 348 g/mol. The smallest absolute Gasteiger partial charge is 0.416 e. The molecule has 128 valence electrons. The molecule has 0 amide bonds. The Morgan fingerprint density at radius 2 is 1.64 bits per heavy atom. The number of benzene rings is 2. The molecule has 2 aromatic carbocycles. The Morgan fingerprint density at radius 1 is 1.04 bits per heavy atom. The van der Waals surface area contributed by atoms with E-state index in [1.54, 1.807) is 12.1 Å². The van der Waals surface area contributed by atoms with Crippen molar-refractivity contribution in [2.75, 3.05) is 0 Å². The van der Waals surface area contributed by atoms with Gasteiger partial charge in [-0.25, -0.2) is 9.48 Å². The van der Waals surface area contributed by atoms with E-state index in [-0.39, 0.29) is 23.0 Å². The summed E-state index contributed by atoms with van der Waals surface area (Å²) in [4.78, 5) is 23.8. The first kappa shape index (κ1) is 16.7. The van der Waals surface area contributed by atoms with E-state index in [4.69, 9.17) is 0 Å². The van der Waals surface area contributed by atoms with Gasteiger partial charge >= 0.3 is 12.1 Å². The lowest BCUT2D eigenvalue weighted by Gasteiger charge is -2.10. The maximum Gasteiger partial charge on any atom is 0.416 e. The number of nitrogens with zero attached hydrogens (tertiary/aromatic N) is 2. The molecule has 0 aliphatic rings. The fourth-order valence-electron chi connectivity index (χ4n) is 2.47. The molecule has 1 aromatic heterocycles. The SMILES string of the molecule is O=C(O)c1nn(Cc2ccc(C(F)(F)F)cc2)c(=O)c2ccccc12. The molecule has 0 bridgehead atoms. The van der Waals surface area contributed by atoms with Crippen LogP contribution in [0.15, 0.2) is 53.3 Å². The number of rotatable bonds is 3. The van der Waals surface area contributed by atoms with Crippen molar-refractivity contribution in [3.8, 4) is 0 Å². The number of hydrogen-bond acceptors (Lipinski definition) is 3. The zero-order chi connectivity index (χ0) is 18.2. The van der Waals surface area contributed by atoms with Crippen molar-refractivity contribution < 1.29 is 23.1 Å². The predicted octanol–water partition coefficient (Wildman–Crippen LogP) is 3.16. The molecule has 0 radical (unpaired) electrons. The summed E-state index contributed by atoms with van der Waals surface area (Å²) in [5, 5.41) is 13.5. The van der Waals surface area contributed by atoms with Crippen molar-refractivity contribution >= 4 is 16.7 Å². The number of carboxylic acid groups (broad SMARTS) is 1. The Kier molecular flexibility index (Phi) is 4.03. The third-order valence-corrected chi connectivity index (χ3v) is 3.68. The van der Waals surface area contributed by atoms with Crippen LogP contribution in [-0.4, -0.2) is 20.9 Å². The number of carbonyl (C=O) groups is 1. The zero-order valence-electron chi connectivity index (χ0n) is 12.6. The molecule has 0 saturated heterocycles. The Bertz CT molecular complexity index is 1010. The highest BCUT2D eigenvalue weighted by Gasteiger charge is 2.30. The molecule has 0 spiro atoms. The molecule has 3 rings (SSSR count). The molecule has 1 heterocycles. The molecule has 0 saturated carbocycles. The summed E-state index contributed by atoms with van der Waals surface area (Å²) in [6.45, 7) is -0.137. The number of aromatic carboxylic acids is 1. The molecule has 1 N–H and O–H groups in total. The molecular formula is C17H11F3N2O3. The predicted molar refractivity (Wildman–Crippen MR) is 83.5 cm³/mol. The standard InChI is InChI=1S/C17H11F3N2O3/c18-17(19,20)11-7-5-10(6-8-11)9-22-15(23)13-4-2-1-3-12(13)14(21-22)16(24)25/h1-8H,9H2,(H,24,25). The lowest BCUT2D eigenvalue weighted by Crippen LogP contribution is -2.26. The van der Waals surface area contributed by atoms with Gasteiger partial charge in [-0.3, -0.25) is 4.79 Å². The third-order valence-electron chi connectivity index (χ3n) is 3.68. The molecule has 0 unspecified atom stereocenters. The van der Waals surface area contributed by atoms with Gasteiger partial charge < -0.3 is 5.11 Å². The van der Waals surface area contributed by atoms with Crippen LogP contribution >= 0.6 is 0 Å². The summed E-state index contributed by atoms with van der Waals surface area (Å²) >= 11 is 0. The van der Waals surface area contributed by atoms with Crippen molar-refractivity contribution in [1.29, 1.82) is 0 Å². The molecule has 8 heteroatoms. The molecule has 0 fully saturated rings. The van der Waals surface area contributed by atoms with Gasteiger partial charge in [0.25, 0.3) is 5.56 Å². The quantitative estimate of drug-likeness (QED) is 0.789. The summed E-state index contributed by atoms with van der Waals surface area (Å²) in [6, 6.07) is 10.4. The van der Waals surface area contributed by atoms with Crippen LogP contribution in [0.4, 0.5) is 13.2 Å². The van der Waals surface area contributed by atoms with Crippen molar-refractivity contribution in [3.05, 3.63) is 75.7 Å². The Morgan fingerprint density at radius 3 is 2.20 bits per heavy atom. The summed E-state index contributed by atoms with van der Waals surface area (Å²) in [5.41, 5.74) is -1.21. The van der Waals surface area contributed by atoms with E-state index in [1.165, 1.54) is 24.3 Å². The van der Waals surface area contributed by atoms with Gasteiger partial charge in [-0.05, 0) is 23.8 Å². The fraction of sp³-hybridized carbons (Fsp3) is 0.118. The Balaban J connectivity index is 2.06. The molecule has 25 heavy (non-hydrogen) atoms. The van der Waals surface area contributed by atoms with Crippen LogP contribution in [0, 0.1) is 0 Å². The van der Waals surface area contributed by atoms with Crippen LogP contribution in [0.2, 0.25) is 0 Å². The van der Waals surface area contributed by atoms with Gasteiger partial charge in [0.05, 0.1) is 17.5 Å². The number of fused-ring (bicyclic) bond motifs is 1. The minimum absolute atomic E-state index is 0.137. The molecule has 0 atom stereocenters. The minimum Gasteiger partial charge on any atom is -0.476 e. The maximum atomic E-state index is 12.6. The second kappa shape index (κ2) is 6.04. The van der Waals surface area contributed by atoms with E-state index < -0.39 is 23.3 Å². The highest BCUT2D eigenvalue weighted by molar-refractivity contribution is 6.01. The highest BCUT2D eigenvalue weighted by Crippen LogP contribution is 2.29. The number of carboxylic acids is 1. The summed E-state index contributed by atoms with van der Waals surface area (Å²) in [7, 11) is 0. The molecule has 0 aliphatic carbocycles. The second-order valence-corrected chi connectivity index (χ2v) is 5.36. The van der Waals surface area contributed by atoms with E-state index in [0.717, 1.165) is 16.8 Å². The van der Waals surface area contributed by atoms with Crippen LogP contribution in [0.25, 0.3) is 10.8 Å². The van der Waals surface area contributed by atoms with E-state index in [2.05, 4.69) is 5.10 Å². The average Bonchev–Trinajstić information content (AvgIpc) is 2.57. The van der Waals surface area contributed by atoms with Crippen LogP contribution in [0.5, 0.6) is 0 Å². The van der Waals surface area contributed by atoms with Gasteiger partial charge in [-0.1, -0.05) is 30.3 Å². The summed E-state index contributed by atoms with van der Waals surface area (Å²) in [5.74, 6) is -1.29. The fourth-order valence-corrected chi connectivity index (χ4v) is 2.47. The molecule has 0 aliphatic heterocycles. The second-order valence-electron chi connectivity index (χ2n) is 5.36. The largest absolute Gasteiger partial charge is 0.476 e. The number of halogens is 3. The van der Waals surface area contributed by atoms with Gasteiger partial charge in [0, 0.05) is 5.39 Å². The summed E-state index contributed by atoms with van der Waals surface area (Å²) in [6.07, 6.45) is -4.45. The van der Waals surface area contributed by atoms with E-state index in [1.807, 2.05) is 0 Å². The van der Waals surface area contributed by atoms with E-state index in [0.29, 0.717) is 5.56 Å². The molecule has 5 nitrogen and oxygen atoms in total. The van der Waals surface area contributed by atoms with Crippen molar-refractivity contribution in [1.82, 2.24) is 9.78 Å². The maximum absolute atomic E-state index is 12.6. The topological polar surface area (TPSA) is 72.2 Å². The van der Waals surface area contributed by atoms with Crippen molar-refractivity contribution in [3.63, 3.8) is 0 Å². The van der Waals surface area contributed by atoms with E-state index in [9.17, 15) is 27.9 Å². The third kappa shape index (κ3) is 3.23. The average molecular weight is 348 g/mol. The first-order chi connectivity index (χ1) is 11.8. The van der Waals surface area contributed by atoms with E-state index >= 15 is 0 Å². The van der Waals surface area contributed by atoms with Gasteiger partial charge in [0.1, 0.15) is 0 Å². The van der Waals surface area contributed by atoms with Crippen LogP contribution in [0.3, 0.4) is 0 Å². The lowest BCUT2D eigenvalue weighted by atomic mass is 10.1. The van der Waals surface area contributed by atoms with Crippen molar-refractivity contribution in [2.24, 2.45) is 0 Å². The highest BCUT2D eigenvalue weighted by atomic mass is 19.4. The summed E-state index contributed by atoms with van der Waals surface area (Å²) < 4.78 is 38.7. The Hall–Kier alpha value is -3.16. The van der Waals surface area contributed by atoms with Crippen LogP contribution in [-0.2, 0) is 12.7 Å². The first-order valence-corrected chi connectivity index (χ1v) is 7.16. The number of alkyl halides is 3. The van der Waals surface area contributed by atoms with Crippen LogP contribution < -0.4 is 5.56 Å². The lowest BCUT2D eigenvalue weighted by molar-refractivity contribution is -0.137. The van der Waals surface area contributed by atoms with Gasteiger partial charge in [0.15, 0.2) is 5.69 Å². The minimum atomic E-state index is -4.45. The van der Waals surface area contributed by atoms with Gasteiger partial charge in [-0.2, -0.15) is 18.3 Å². The number of aromatic nitrogens is 2. The van der Waals surface area contributed by atoms with Gasteiger partial charge in [-0.15, -0.1) is 0 Å². The zero-order valence-corrected chi connectivity index (χ0v) is 12.6. The molecule has 3 aromatic rings.